The normalized spacial score (nSPS) is 15.1. The van der Waals surface area contributed by atoms with Crippen LogP contribution < -0.4 is 0 Å². The van der Waals surface area contributed by atoms with Crippen LogP contribution in [0, 0.1) is 20.8 Å². The average molecular weight is 568 g/mol. The van der Waals surface area contributed by atoms with E-state index in [2.05, 4.69) is 20.3 Å². The number of carbonyl (C=O) groups is 1. The van der Waals surface area contributed by atoms with Gasteiger partial charge in [-0.2, -0.15) is 16.8 Å². The molecule has 0 radical (unpaired) electrons. The summed E-state index contributed by atoms with van der Waals surface area (Å²) in [6, 6.07) is 0. The summed E-state index contributed by atoms with van der Waals surface area (Å²) < 4.78 is 50.3. The molecule has 0 aliphatic rings. The maximum absolute atomic E-state index is 10.4. The van der Waals surface area contributed by atoms with Crippen molar-refractivity contribution < 1.29 is 45.3 Å². The second-order valence-electron chi connectivity index (χ2n) is 7.65. The molecule has 35 heavy (non-hydrogen) atoms. The molecule has 0 bridgehead atoms. The largest absolute Gasteiger partial charge is 0.391 e. The fourth-order valence-electron chi connectivity index (χ4n) is 1.32. The van der Waals surface area contributed by atoms with Crippen LogP contribution in [0.3, 0.4) is 0 Å². The lowest BCUT2D eigenvalue weighted by Gasteiger charge is -2.12. The topological polar surface area (TPSA) is 177 Å². The summed E-state index contributed by atoms with van der Waals surface area (Å²) in [4.78, 5) is 16.0. The Kier molecular flexibility index (Phi) is 22.5. The molecule has 5 unspecified atom stereocenters. The summed E-state index contributed by atoms with van der Waals surface area (Å²) in [6.07, 6.45) is -1.63. The first kappa shape index (κ1) is 41.1. The molecular formula is C21H45NO10S3. The van der Waals surface area contributed by atoms with E-state index in [1.54, 1.807) is 25.2 Å². The molecule has 0 saturated carbocycles. The van der Waals surface area contributed by atoms with E-state index in [9.17, 15) is 21.6 Å². The Morgan fingerprint density at radius 3 is 1.29 bits per heavy atom. The smallest absolute Gasteiger partial charge is 0.265 e. The Hall–Kier alpha value is -1.00. The van der Waals surface area contributed by atoms with Crippen molar-refractivity contribution in [2.75, 3.05) is 12.5 Å². The number of thiazole rings is 1. The minimum atomic E-state index is -3.49. The standard InChI is InChI=1S/C6H9NS.C5H12O4S.C5H10O4S.C4H10O2.CH4/c1-4-5(2)8-6(3)7-4;2*1-4(6)5(2)9-10(3,7)8;1-3(5)4(2)6;/h1-3H3;4-6H,1-3H3;5H,1-3H3;3-6H,1-2H3;1H4. The summed E-state index contributed by atoms with van der Waals surface area (Å²) in [5.41, 5.74) is 1.17. The van der Waals surface area contributed by atoms with Gasteiger partial charge in [0.2, 0.25) is 0 Å². The Balaban J connectivity index is -0.000000184. The summed E-state index contributed by atoms with van der Waals surface area (Å²) >= 11 is 1.76. The number of aliphatic hydroxyl groups is 3. The molecule has 0 aliphatic carbocycles. The third-order valence-electron chi connectivity index (χ3n) is 3.73. The fraction of sp³-hybridized carbons (Fsp3) is 0.810. The monoisotopic (exact) mass is 567 g/mol. The van der Waals surface area contributed by atoms with Crippen molar-refractivity contribution in [2.45, 2.75) is 100 Å². The number of rotatable bonds is 7. The Morgan fingerprint density at radius 1 is 0.829 bits per heavy atom. The van der Waals surface area contributed by atoms with Crippen LogP contribution >= 0.6 is 11.3 Å². The third kappa shape index (κ3) is 29.1. The van der Waals surface area contributed by atoms with Gasteiger partial charge >= 0.3 is 0 Å². The first-order valence-corrected chi connectivity index (χ1v) is 14.7. The summed E-state index contributed by atoms with van der Waals surface area (Å²) in [6.45, 7) is 14.9. The number of hydrogen-bond donors (Lipinski definition) is 3. The van der Waals surface area contributed by atoms with Crippen molar-refractivity contribution in [2.24, 2.45) is 0 Å². The molecule has 0 amide bonds. The first-order valence-electron chi connectivity index (χ1n) is 10.2. The van der Waals surface area contributed by atoms with E-state index in [1.165, 1.54) is 43.3 Å². The number of carbonyl (C=O) groups excluding carboxylic acids is 1. The zero-order valence-corrected chi connectivity index (χ0v) is 24.2. The van der Waals surface area contributed by atoms with E-state index < -0.39 is 50.8 Å². The van der Waals surface area contributed by atoms with E-state index in [0.29, 0.717) is 0 Å². The maximum atomic E-state index is 10.4. The molecule has 14 heteroatoms. The highest BCUT2D eigenvalue weighted by molar-refractivity contribution is 7.86. The van der Waals surface area contributed by atoms with E-state index in [4.69, 9.17) is 15.3 Å². The number of hydrogen-bond acceptors (Lipinski definition) is 12. The van der Waals surface area contributed by atoms with Gasteiger partial charge in [0.1, 0.15) is 6.10 Å². The van der Waals surface area contributed by atoms with E-state index in [-0.39, 0.29) is 13.2 Å². The summed E-state index contributed by atoms with van der Waals surface area (Å²) in [5, 5.41) is 26.7. The minimum absolute atomic E-state index is 0. The van der Waals surface area contributed by atoms with Gasteiger partial charge in [-0.05, 0) is 62.3 Å². The maximum Gasteiger partial charge on any atom is 0.265 e. The van der Waals surface area contributed by atoms with Crippen LogP contribution in [0.2, 0.25) is 0 Å². The molecule has 1 heterocycles. The van der Waals surface area contributed by atoms with Crippen molar-refractivity contribution in [3.05, 3.63) is 15.6 Å². The van der Waals surface area contributed by atoms with Crippen molar-refractivity contribution in [1.82, 2.24) is 4.98 Å². The zero-order chi connectivity index (χ0) is 28.0. The van der Waals surface area contributed by atoms with Gasteiger partial charge in [-0.3, -0.25) is 13.2 Å². The number of nitrogens with zero attached hydrogens (tertiary/aromatic N) is 1. The molecule has 5 atom stereocenters. The SMILES string of the molecule is C.CC(=O)C(C)OS(C)(=O)=O.CC(O)C(C)O.CC(O)C(C)OS(C)(=O)=O.Cc1nc(C)c(C)s1. The van der Waals surface area contributed by atoms with Crippen molar-refractivity contribution in [3.8, 4) is 0 Å². The van der Waals surface area contributed by atoms with Gasteiger partial charge in [0.25, 0.3) is 20.2 Å². The highest BCUT2D eigenvalue weighted by Crippen LogP contribution is 2.14. The van der Waals surface area contributed by atoms with Gasteiger partial charge in [0, 0.05) is 4.88 Å². The first-order chi connectivity index (χ1) is 15.0. The average Bonchev–Trinajstić information content (AvgIpc) is 2.88. The molecule has 0 fully saturated rings. The van der Waals surface area contributed by atoms with Crippen molar-refractivity contribution in [1.29, 1.82) is 0 Å². The highest BCUT2D eigenvalue weighted by atomic mass is 32.2. The predicted octanol–water partition coefficient (Wildman–Crippen LogP) is 2.12. The van der Waals surface area contributed by atoms with Crippen LogP contribution in [-0.2, 0) is 33.4 Å². The van der Waals surface area contributed by atoms with Crippen LogP contribution in [0.1, 0.15) is 64.5 Å². The molecule has 0 saturated heterocycles. The van der Waals surface area contributed by atoms with Gasteiger partial charge in [-0.1, -0.05) is 7.43 Å². The zero-order valence-electron chi connectivity index (χ0n) is 21.8. The molecular weight excluding hydrogens is 522 g/mol. The molecule has 0 aromatic carbocycles. The molecule has 3 N–H and O–H groups in total. The van der Waals surface area contributed by atoms with Gasteiger partial charge < -0.3 is 15.3 Å². The summed E-state index contributed by atoms with van der Waals surface area (Å²) in [5.74, 6) is -0.301. The molecule has 1 rings (SSSR count). The molecule has 1 aromatic heterocycles. The minimum Gasteiger partial charge on any atom is -0.391 e. The van der Waals surface area contributed by atoms with Crippen LogP contribution in [0.5, 0.6) is 0 Å². The van der Waals surface area contributed by atoms with Crippen LogP contribution in [0.15, 0.2) is 0 Å². The van der Waals surface area contributed by atoms with Crippen LogP contribution in [0.25, 0.3) is 0 Å². The van der Waals surface area contributed by atoms with E-state index in [1.807, 2.05) is 13.8 Å². The molecule has 11 nitrogen and oxygen atoms in total. The van der Waals surface area contributed by atoms with Gasteiger partial charge in [0.15, 0.2) is 5.78 Å². The highest BCUT2D eigenvalue weighted by Gasteiger charge is 2.14. The number of aromatic nitrogens is 1. The lowest BCUT2D eigenvalue weighted by atomic mass is 10.3. The van der Waals surface area contributed by atoms with Crippen LogP contribution in [0.4, 0.5) is 0 Å². The second-order valence-corrected chi connectivity index (χ2v) is 12.3. The number of Topliss-reactive ketones (excluding diaryl/α,β-unsaturated/α-hetero) is 1. The van der Waals surface area contributed by atoms with Gasteiger partial charge in [0.05, 0.1) is 47.6 Å². The predicted molar refractivity (Wildman–Crippen MR) is 140 cm³/mol. The van der Waals surface area contributed by atoms with Crippen molar-refractivity contribution >= 4 is 37.4 Å². The fourth-order valence-corrected chi connectivity index (χ4v) is 3.51. The number of aryl methyl sites for hydroxylation is 3. The number of ketones is 1. The lowest BCUT2D eigenvalue weighted by Crippen LogP contribution is -2.25. The van der Waals surface area contributed by atoms with Gasteiger partial charge in [-0.15, -0.1) is 11.3 Å². The quantitative estimate of drug-likeness (QED) is 0.411. The third-order valence-corrected chi connectivity index (χ3v) is 6.01. The van der Waals surface area contributed by atoms with E-state index in [0.717, 1.165) is 12.5 Å². The Labute approximate surface area is 215 Å². The Bertz CT molecular complexity index is 882. The Morgan fingerprint density at radius 2 is 1.20 bits per heavy atom. The molecule has 1 aromatic rings. The lowest BCUT2D eigenvalue weighted by molar-refractivity contribution is -0.122. The van der Waals surface area contributed by atoms with Crippen molar-refractivity contribution in [3.63, 3.8) is 0 Å². The summed E-state index contributed by atoms with van der Waals surface area (Å²) in [7, 11) is -6.92. The molecule has 0 spiro atoms. The number of aliphatic hydroxyl groups excluding tert-OH is 3. The van der Waals surface area contributed by atoms with Crippen LogP contribution in [-0.4, -0.2) is 86.0 Å². The second kappa shape index (κ2) is 19.2. The van der Waals surface area contributed by atoms with E-state index >= 15 is 0 Å². The molecule has 212 valence electrons. The molecule has 0 aliphatic heterocycles. The van der Waals surface area contributed by atoms with Gasteiger partial charge in [-0.25, -0.2) is 4.98 Å².